The zero-order chi connectivity index (χ0) is 27.7. The van der Waals surface area contributed by atoms with Crippen LogP contribution in [0.15, 0.2) is 72.3 Å². The van der Waals surface area contributed by atoms with Gasteiger partial charge in [-0.2, -0.15) is 0 Å². The molecule has 39 heavy (non-hydrogen) atoms. The summed E-state index contributed by atoms with van der Waals surface area (Å²) in [5.41, 5.74) is 4.92. The van der Waals surface area contributed by atoms with Gasteiger partial charge in [-0.15, -0.1) is 0 Å². The highest BCUT2D eigenvalue weighted by molar-refractivity contribution is 6.51. The number of nitrogens with zero attached hydrogens (tertiary/aromatic N) is 2. The normalized spacial score (nSPS) is 18.8. The molecule has 2 fully saturated rings. The first-order chi connectivity index (χ1) is 18.7. The number of ether oxygens (including phenoxy) is 1. The Morgan fingerprint density at radius 3 is 2.28 bits per heavy atom. The summed E-state index contributed by atoms with van der Waals surface area (Å²) in [5.74, 6) is -0.415. The average molecular weight is 525 g/mol. The van der Waals surface area contributed by atoms with Crippen molar-refractivity contribution in [2.24, 2.45) is 5.92 Å². The van der Waals surface area contributed by atoms with Crippen LogP contribution in [0, 0.1) is 19.8 Å². The van der Waals surface area contributed by atoms with Crippen molar-refractivity contribution in [1.29, 1.82) is 0 Å². The van der Waals surface area contributed by atoms with Gasteiger partial charge < -0.3 is 14.7 Å². The lowest BCUT2D eigenvalue weighted by Crippen LogP contribution is -2.29. The molecule has 3 aromatic carbocycles. The fraction of sp³-hybridized carbons (Fsp3) is 0.333. The van der Waals surface area contributed by atoms with Gasteiger partial charge in [0.15, 0.2) is 0 Å². The summed E-state index contributed by atoms with van der Waals surface area (Å²) in [4.78, 5) is 30.9. The predicted octanol–water partition coefficient (Wildman–Crippen LogP) is 6.56. The van der Waals surface area contributed by atoms with E-state index in [0.717, 1.165) is 41.2 Å². The van der Waals surface area contributed by atoms with Crippen molar-refractivity contribution in [3.63, 3.8) is 0 Å². The Labute approximate surface area is 230 Å². The molecule has 2 saturated heterocycles. The summed E-state index contributed by atoms with van der Waals surface area (Å²) in [7, 11) is 0. The number of amides is 1. The molecule has 3 aromatic rings. The fourth-order valence-corrected chi connectivity index (χ4v) is 5.42. The standard InChI is InChI=1S/C33H36N2O4/c1-21(2)20-39-28-15-10-25(19-23(28)4)31(36)29-30(24-9-7-8-22(3)18-24)35(33(38)32(29)37)27-13-11-26(12-14-27)34-16-5-6-17-34/h7-15,18-19,21,30,36H,5-6,16-17,20H2,1-4H3/b31-29-. The molecule has 2 aliphatic heterocycles. The first kappa shape index (κ1) is 26.5. The van der Waals surface area contributed by atoms with Crippen LogP contribution >= 0.6 is 0 Å². The first-order valence-electron chi connectivity index (χ1n) is 13.7. The number of anilines is 2. The van der Waals surface area contributed by atoms with Gasteiger partial charge in [-0.05, 0) is 86.2 Å². The lowest BCUT2D eigenvalue weighted by Gasteiger charge is -2.26. The first-order valence-corrected chi connectivity index (χ1v) is 13.7. The number of carbonyl (C=O) groups is 2. The van der Waals surface area contributed by atoms with E-state index in [-0.39, 0.29) is 11.3 Å². The minimum Gasteiger partial charge on any atom is -0.507 e. The maximum absolute atomic E-state index is 13.5. The predicted molar refractivity (Wildman–Crippen MR) is 155 cm³/mol. The second-order valence-electron chi connectivity index (χ2n) is 11.0. The Morgan fingerprint density at radius 2 is 1.64 bits per heavy atom. The van der Waals surface area contributed by atoms with E-state index in [1.54, 1.807) is 12.1 Å². The maximum Gasteiger partial charge on any atom is 0.300 e. The summed E-state index contributed by atoms with van der Waals surface area (Å²) < 4.78 is 5.89. The third-order valence-corrected chi connectivity index (χ3v) is 7.42. The zero-order valence-electron chi connectivity index (χ0n) is 23.1. The number of aryl methyl sites for hydroxylation is 2. The number of carbonyl (C=O) groups excluding carboxylic acids is 2. The third kappa shape index (κ3) is 5.29. The van der Waals surface area contributed by atoms with Gasteiger partial charge in [-0.1, -0.05) is 43.7 Å². The molecule has 2 aliphatic rings. The van der Waals surface area contributed by atoms with E-state index in [4.69, 9.17) is 4.74 Å². The third-order valence-electron chi connectivity index (χ3n) is 7.42. The molecule has 0 spiro atoms. The molecule has 1 amide bonds. The Morgan fingerprint density at radius 1 is 0.949 bits per heavy atom. The van der Waals surface area contributed by atoms with E-state index < -0.39 is 17.7 Å². The molecule has 202 valence electrons. The van der Waals surface area contributed by atoms with Crippen LogP contribution in [-0.4, -0.2) is 36.5 Å². The van der Waals surface area contributed by atoms with Gasteiger partial charge in [0.2, 0.25) is 0 Å². The second-order valence-corrected chi connectivity index (χ2v) is 11.0. The molecule has 0 aliphatic carbocycles. The Balaban J connectivity index is 1.58. The summed E-state index contributed by atoms with van der Waals surface area (Å²) in [6.45, 7) is 10.7. The highest BCUT2D eigenvalue weighted by atomic mass is 16.5. The Kier molecular flexibility index (Phi) is 7.47. The van der Waals surface area contributed by atoms with E-state index in [0.29, 0.717) is 23.8 Å². The minimum atomic E-state index is -0.750. The van der Waals surface area contributed by atoms with Crippen LogP contribution < -0.4 is 14.5 Å². The Bertz CT molecular complexity index is 1420. The molecule has 0 bridgehead atoms. The van der Waals surface area contributed by atoms with E-state index in [2.05, 4.69) is 18.7 Å². The number of benzene rings is 3. The van der Waals surface area contributed by atoms with Gasteiger partial charge in [-0.3, -0.25) is 14.5 Å². The maximum atomic E-state index is 13.5. The van der Waals surface area contributed by atoms with Crippen LogP contribution in [0.1, 0.15) is 55.0 Å². The van der Waals surface area contributed by atoms with Crippen molar-refractivity contribution in [1.82, 2.24) is 0 Å². The van der Waals surface area contributed by atoms with Gasteiger partial charge in [0.1, 0.15) is 11.5 Å². The summed E-state index contributed by atoms with van der Waals surface area (Å²) in [6, 6.07) is 20.1. The number of Topliss-reactive ketones (excluding diaryl/α,β-unsaturated/α-hetero) is 1. The lowest BCUT2D eigenvalue weighted by atomic mass is 9.94. The highest BCUT2D eigenvalue weighted by Crippen LogP contribution is 2.43. The molecule has 2 heterocycles. The van der Waals surface area contributed by atoms with Crippen molar-refractivity contribution in [2.75, 3.05) is 29.5 Å². The lowest BCUT2D eigenvalue weighted by molar-refractivity contribution is -0.132. The van der Waals surface area contributed by atoms with Gasteiger partial charge in [0, 0.05) is 30.0 Å². The number of aliphatic hydroxyl groups is 1. The number of rotatable bonds is 7. The van der Waals surface area contributed by atoms with Crippen LogP contribution in [-0.2, 0) is 9.59 Å². The van der Waals surface area contributed by atoms with Crippen molar-refractivity contribution < 1.29 is 19.4 Å². The van der Waals surface area contributed by atoms with Crippen molar-refractivity contribution in [2.45, 2.75) is 46.6 Å². The Hall–Kier alpha value is -4.06. The van der Waals surface area contributed by atoms with Crippen LogP contribution in [0.4, 0.5) is 11.4 Å². The van der Waals surface area contributed by atoms with Gasteiger partial charge in [0.05, 0.1) is 18.2 Å². The minimum absolute atomic E-state index is 0.0875. The van der Waals surface area contributed by atoms with Crippen molar-refractivity contribution >= 4 is 28.8 Å². The molecule has 0 radical (unpaired) electrons. The summed E-state index contributed by atoms with van der Waals surface area (Å²) >= 11 is 0. The average Bonchev–Trinajstić information content (AvgIpc) is 3.55. The highest BCUT2D eigenvalue weighted by Gasteiger charge is 2.47. The van der Waals surface area contributed by atoms with E-state index in [9.17, 15) is 14.7 Å². The van der Waals surface area contributed by atoms with Gasteiger partial charge in [-0.25, -0.2) is 0 Å². The molecule has 6 heteroatoms. The van der Waals surface area contributed by atoms with Crippen LogP contribution in [0.3, 0.4) is 0 Å². The van der Waals surface area contributed by atoms with E-state index in [1.165, 1.54) is 17.7 Å². The van der Waals surface area contributed by atoms with Gasteiger partial charge in [0.25, 0.3) is 11.7 Å². The number of hydrogen-bond donors (Lipinski definition) is 1. The molecule has 6 nitrogen and oxygen atoms in total. The quantitative estimate of drug-likeness (QED) is 0.215. The smallest absolute Gasteiger partial charge is 0.300 e. The topological polar surface area (TPSA) is 70.1 Å². The molecule has 1 N–H and O–H groups in total. The largest absolute Gasteiger partial charge is 0.507 e. The van der Waals surface area contributed by atoms with Crippen LogP contribution in [0.2, 0.25) is 0 Å². The molecule has 1 unspecified atom stereocenters. The molecule has 0 saturated carbocycles. The molecule has 1 atom stereocenters. The monoisotopic (exact) mass is 524 g/mol. The van der Waals surface area contributed by atoms with E-state index in [1.807, 2.05) is 68.4 Å². The van der Waals surface area contributed by atoms with E-state index >= 15 is 0 Å². The van der Waals surface area contributed by atoms with Crippen LogP contribution in [0.25, 0.3) is 5.76 Å². The number of aliphatic hydroxyl groups excluding tert-OH is 1. The summed E-state index contributed by atoms with van der Waals surface area (Å²) in [6.07, 6.45) is 2.35. The zero-order valence-corrected chi connectivity index (χ0v) is 23.1. The molecule has 0 aromatic heterocycles. The van der Waals surface area contributed by atoms with Crippen molar-refractivity contribution in [3.8, 4) is 5.75 Å². The van der Waals surface area contributed by atoms with Gasteiger partial charge >= 0.3 is 0 Å². The fourth-order valence-electron chi connectivity index (χ4n) is 5.42. The van der Waals surface area contributed by atoms with Crippen molar-refractivity contribution in [3.05, 3.63) is 94.6 Å². The number of hydrogen-bond acceptors (Lipinski definition) is 5. The second kappa shape index (κ2) is 11.0. The molecular weight excluding hydrogens is 488 g/mol. The molecule has 5 rings (SSSR count). The van der Waals surface area contributed by atoms with Crippen LogP contribution in [0.5, 0.6) is 5.75 Å². The summed E-state index contributed by atoms with van der Waals surface area (Å²) in [5, 5.41) is 11.5. The number of ketones is 1. The molecular formula is C33H36N2O4. The SMILES string of the molecule is Cc1cccc(C2/C(=C(/O)c3ccc(OCC(C)C)c(C)c3)C(=O)C(=O)N2c2ccc(N3CCCC3)cc2)c1.